The number of anilines is 1. The van der Waals surface area contributed by atoms with Crippen molar-refractivity contribution in [2.24, 2.45) is 0 Å². The van der Waals surface area contributed by atoms with Gasteiger partial charge in [0.25, 0.3) is 5.71 Å². The minimum Gasteiger partial charge on any atom is -0.368 e. The summed E-state index contributed by atoms with van der Waals surface area (Å²) in [4.78, 5) is 11.0. The predicted octanol–water partition coefficient (Wildman–Crippen LogP) is 4.47. The summed E-state index contributed by atoms with van der Waals surface area (Å²) in [5, 5.41) is 9.04. The molecule has 0 amide bonds. The van der Waals surface area contributed by atoms with E-state index in [9.17, 15) is 0 Å². The SMILES string of the molecule is CCCN(CCC)CCNc1ncnc2onc(-c3cccc(Cl)c3)c12. The number of benzene rings is 1. The molecule has 0 radical (unpaired) electrons. The second-order valence-electron chi connectivity index (χ2n) is 6.21. The van der Waals surface area contributed by atoms with Crippen molar-refractivity contribution in [3.05, 3.63) is 35.6 Å². The fourth-order valence-corrected chi connectivity index (χ4v) is 3.24. The van der Waals surface area contributed by atoms with Crippen LogP contribution in [-0.4, -0.2) is 46.2 Å². The first-order chi connectivity index (χ1) is 12.7. The lowest BCUT2D eigenvalue weighted by Crippen LogP contribution is -2.30. The van der Waals surface area contributed by atoms with Crippen LogP contribution in [0.4, 0.5) is 5.82 Å². The standard InChI is InChI=1S/C19H24ClN5O/c1-3-9-25(10-4-2)11-8-21-18-16-17(14-6-5-7-15(20)12-14)24-26-19(16)23-13-22-18/h5-7,12-13H,3-4,8-11H2,1-2H3,(H,21,22,23). The van der Waals surface area contributed by atoms with Crippen LogP contribution in [0.25, 0.3) is 22.4 Å². The second kappa shape index (κ2) is 8.96. The van der Waals surface area contributed by atoms with E-state index in [2.05, 4.69) is 39.2 Å². The fraction of sp³-hybridized carbons (Fsp3) is 0.421. The van der Waals surface area contributed by atoms with E-state index in [1.54, 1.807) is 0 Å². The fourth-order valence-electron chi connectivity index (χ4n) is 3.05. The van der Waals surface area contributed by atoms with E-state index in [0.717, 1.165) is 55.8 Å². The van der Waals surface area contributed by atoms with Crippen LogP contribution in [0.15, 0.2) is 35.1 Å². The van der Waals surface area contributed by atoms with Crippen molar-refractivity contribution in [2.45, 2.75) is 26.7 Å². The van der Waals surface area contributed by atoms with Gasteiger partial charge in [0.05, 0.1) is 0 Å². The predicted molar refractivity (Wildman–Crippen MR) is 106 cm³/mol. The Morgan fingerprint density at radius 2 is 1.92 bits per heavy atom. The Labute approximate surface area is 158 Å². The highest BCUT2D eigenvalue weighted by molar-refractivity contribution is 6.30. The molecule has 7 heteroatoms. The van der Waals surface area contributed by atoms with Gasteiger partial charge in [-0.15, -0.1) is 0 Å². The van der Waals surface area contributed by atoms with Crippen molar-refractivity contribution < 1.29 is 4.52 Å². The molecular formula is C19H24ClN5O. The molecule has 1 N–H and O–H groups in total. The summed E-state index contributed by atoms with van der Waals surface area (Å²) in [5.74, 6) is 0.735. The zero-order chi connectivity index (χ0) is 18.4. The molecule has 0 fully saturated rings. The summed E-state index contributed by atoms with van der Waals surface area (Å²) in [5.41, 5.74) is 2.05. The van der Waals surface area contributed by atoms with E-state index < -0.39 is 0 Å². The maximum absolute atomic E-state index is 6.12. The Balaban J connectivity index is 1.81. The number of hydrogen-bond donors (Lipinski definition) is 1. The van der Waals surface area contributed by atoms with Crippen molar-refractivity contribution in [3.63, 3.8) is 0 Å². The van der Waals surface area contributed by atoms with Gasteiger partial charge in [0.1, 0.15) is 23.2 Å². The van der Waals surface area contributed by atoms with Gasteiger partial charge in [0.15, 0.2) is 0 Å². The van der Waals surface area contributed by atoms with Crippen LogP contribution in [0, 0.1) is 0 Å². The summed E-state index contributed by atoms with van der Waals surface area (Å²) >= 11 is 6.12. The van der Waals surface area contributed by atoms with Gasteiger partial charge >= 0.3 is 0 Å². The first kappa shape index (κ1) is 18.6. The summed E-state index contributed by atoms with van der Waals surface area (Å²) in [6.45, 7) is 8.39. The van der Waals surface area contributed by atoms with Crippen LogP contribution in [0.5, 0.6) is 0 Å². The van der Waals surface area contributed by atoms with Gasteiger partial charge in [-0.2, -0.15) is 4.98 Å². The lowest BCUT2D eigenvalue weighted by atomic mass is 10.1. The number of rotatable bonds is 9. The molecule has 3 aromatic rings. The first-order valence-corrected chi connectivity index (χ1v) is 9.43. The van der Waals surface area contributed by atoms with Crippen LogP contribution in [0.1, 0.15) is 26.7 Å². The van der Waals surface area contributed by atoms with Crippen molar-refractivity contribution in [1.82, 2.24) is 20.0 Å². The third kappa shape index (κ3) is 4.31. The van der Waals surface area contributed by atoms with Crippen molar-refractivity contribution >= 4 is 28.5 Å². The van der Waals surface area contributed by atoms with E-state index >= 15 is 0 Å². The molecule has 0 bridgehead atoms. The van der Waals surface area contributed by atoms with E-state index in [1.807, 2.05) is 24.3 Å². The third-order valence-electron chi connectivity index (χ3n) is 4.17. The number of nitrogens with zero attached hydrogens (tertiary/aromatic N) is 4. The van der Waals surface area contributed by atoms with E-state index in [-0.39, 0.29) is 0 Å². The minimum atomic E-state index is 0.469. The molecule has 6 nitrogen and oxygen atoms in total. The Kier molecular flexibility index (Phi) is 6.41. The molecule has 0 atom stereocenters. The first-order valence-electron chi connectivity index (χ1n) is 9.05. The largest absolute Gasteiger partial charge is 0.368 e. The molecule has 0 unspecified atom stereocenters. The summed E-state index contributed by atoms with van der Waals surface area (Å²) in [6.07, 6.45) is 3.80. The molecule has 0 saturated heterocycles. The number of hydrogen-bond acceptors (Lipinski definition) is 6. The molecule has 0 saturated carbocycles. The van der Waals surface area contributed by atoms with E-state index in [0.29, 0.717) is 16.4 Å². The normalized spacial score (nSPS) is 11.4. The number of nitrogens with one attached hydrogen (secondary N) is 1. The number of fused-ring (bicyclic) bond motifs is 1. The highest BCUT2D eigenvalue weighted by atomic mass is 35.5. The van der Waals surface area contributed by atoms with Crippen LogP contribution in [0.3, 0.4) is 0 Å². The summed E-state index contributed by atoms with van der Waals surface area (Å²) in [6, 6.07) is 7.53. The molecule has 1 aromatic carbocycles. The maximum Gasteiger partial charge on any atom is 0.263 e. The van der Waals surface area contributed by atoms with E-state index in [1.165, 1.54) is 6.33 Å². The highest BCUT2D eigenvalue weighted by Gasteiger charge is 2.17. The van der Waals surface area contributed by atoms with Gasteiger partial charge in [-0.25, -0.2) is 4.98 Å². The molecule has 0 aliphatic rings. The third-order valence-corrected chi connectivity index (χ3v) is 4.41. The highest BCUT2D eigenvalue weighted by Crippen LogP contribution is 2.32. The van der Waals surface area contributed by atoms with Crippen molar-refractivity contribution in [2.75, 3.05) is 31.5 Å². The van der Waals surface area contributed by atoms with Gasteiger partial charge in [-0.3, -0.25) is 0 Å². The Bertz CT molecular complexity index is 845. The Morgan fingerprint density at radius 3 is 2.65 bits per heavy atom. The maximum atomic E-state index is 6.12. The molecule has 2 heterocycles. The van der Waals surface area contributed by atoms with Crippen LogP contribution in [-0.2, 0) is 0 Å². The van der Waals surface area contributed by atoms with Crippen molar-refractivity contribution in [3.8, 4) is 11.3 Å². The Morgan fingerprint density at radius 1 is 1.12 bits per heavy atom. The molecule has 0 aliphatic heterocycles. The smallest absolute Gasteiger partial charge is 0.263 e. The van der Waals surface area contributed by atoms with Gasteiger partial charge in [-0.05, 0) is 38.1 Å². The van der Waals surface area contributed by atoms with E-state index in [4.69, 9.17) is 16.1 Å². The quantitative estimate of drug-likeness (QED) is 0.596. The van der Waals surface area contributed by atoms with Crippen LogP contribution in [0.2, 0.25) is 5.02 Å². The number of aromatic nitrogens is 3. The molecular weight excluding hydrogens is 350 g/mol. The van der Waals surface area contributed by atoms with Crippen LogP contribution < -0.4 is 5.32 Å². The summed E-state index contributed by atoms with van der Waals surface area (Å²) in [7, 11) is 0. The molecule has 138 valence electrons. The molecule has 3 rings (SSSR count). The second-order valence-corrected chi connectivity index (χ2v) is 6.65. The zero-order valence-corrected chi connectivity index (χ0v) is 16.0. The number of halogens is 1. The molecule has 26 heavy (non-hydrogen) atoms. The lowest BCUT2D eigenvalue weighted by Gasteiger charge is -2.21. The van der Waals surface area contributed by atoms with Gasteiger partial charge in [0, 0.05) is 23.7 Å². The van der Waals surface area contributed by atoms with Crippen LogP contribution >= 0.6 is 11.6 Å². The van der Waals surface area contributed by atoms with Crippen molar-refractivity contribution in [1.29, 1.82) is 0 Å². The topological polar surface area (TPSA) is 67.1 Å². The zero-order valence-electron chi connectivity index (χ0n) is 15.2. The van der Waals surface area contributed by atoms with Gasteiger partial charge in [0.2, 0.25) is 0 Å². The lowest BCUT2D eigenvalue weighted by molar-refractivity contribution is 0.285. The molecule has 2 aromatic heterocycles. The summed E-state index contributed by atoms with van der Waals surface area (Å²) < 4.78 is 5.39. The average molecular weight is 374 g/mol. The Hall–Kier alpha value is -2.18. The van der Waals surface area contributed by atoms with Gasteiger partial charge in [-0.1, -0.05) is 42.7 Å². The minimum absolute atomic E-state index is 0.469. The molecule has 0 aliphatic carbocycles. The average Bonchev–Trinajstić information content (AvgIpc) is 3.07. The molecule has 0 spiro atoms. The van der Waals surface area contributed by atoms with Gasteiger partial charge < -0.3 is 14.7 Å². The monoisotopic (exact) mass is 373 g/mol.